The van der Waals surface area contributed by atoms with Gasteiger partial charge in [0.1, 0.15) is 0 Å². The maximum absolute atomic E-state index is 4.43. The van der Waals surface area contributed by atoms with Gasteiger partial charge in [0.05, 0.1) is 17.7 Å². The molecule has 1 aromatic carbocycles. The number of hydrogen-bond donors (Lipinski definition) is 1. The third kappa shape index (κ3) is 3.08. The zero-order valence-electron chi connectivity index (χ0n) is 12.5. The van der Waals surface area contributed by atoms with E-state index in [9.17, 15) is 0 Å². The lowest BCUT2D eigenvalue weighted by molar-refractivity contribution is 0.378. The molecule has 1 aliphatic rings. The second kappa shape index (κ2) is 6.26. The number of nitrogens with zero attached hydrogens (tertiary/aromatic N) is 3. The second-order valence-electron chi connectivity index (χ2n) is 5.20. The summed E-state index contributed by atoms with van der Waals surface area (Å²) in [5.74, 6) is 0.970. The molecule has 2 aromatic rings. The summed E-state index contributed by atoms with van der Waals surface area (Å²) < 4.78 is 0. The van der Waals surface area contributed by atoms with Crippen molar-refractivity contribution in [1.82, 2.24) is 15.2 Å². The SMILES string of the molecule is CN=C(NCc1scnc1C)N1CCc2ccccc2C1. The molecule has 0 amide bonds. The number of aryl methyl sites for hydroxylation is 1. The first kappa shape index (κ1) is 14.1. The third-order valence-corrected chi connectivity index (χ3v) is 4.83. The van der Waals surface area contributed by atoms with Crippen molar-refractivity contribution in [3.63, 3.8) is 0 Å². The molecular formula is C16H20N4S. The van der Waals surface area contributed by atoms with Gasteiger partial charge in [-0.25, -0.2) is 4.98 Å². The largest absolute Gasteiger partial charge is 0.351 e. The molecule has 0 aliphatic carbocycles. The maximum atomic E-state index is 4.43. The van der Waals surface area contributed by atoms with Gasteiger partial charge in [0.25, 0.3) is 0 Å². The molecular weight excluding hydrogens is 280 g/mol. The molecule has 3 rings (SSSR count). The lowest BCUT2D eigenvalue weighted by Crippen LogP contribution is -2.43. The van der Waals surface area contributed by atoms with E-state index in [1.54, 1.807) is 11.3 Å². The van der Waals surface area contributed by atoms with Crippen LogP contribution >= 0.6 is 11.3 Å². The van der Waals surface area contributed by atoms with E-state index in [1.807, 2.05) is 19.5 Å². The van der Waals surface area contributed by atoms with Crippen LogP contribution in [0, 0.1) is 6.92 Å². The number of benzene rings is 1. The Labute approximate surface area is 129 Å². The summed E-state index contributed by atoms with van der Waals surface area (Å²) in [5.41, 5.74) is 5.86. The van der Waals surface area contributed by atoms with E-state index >= 15 is 0 Å². The van der Waals surface area contributed by atoms with E-state index in [2.05, 4.69) is 44.5 Å². The molecule has 0 fully saturated rings. The highest BCUT2D eigenvalue weighted by Crippen LogP contribution is 2.18. The number of fused-ring (bicyclic) bond motifs is 1. The van der Waals surface area contributed by atoms with Crippen LogP contribution in [0.25, 0.3) is 0 Å². The molecule has 110 valence electrons. The van der Waals surface area contributed by atoms with Crippen LogP contribution in [-0.4, -0.2) is 29.4 Å². The van der Waals surface area contributed by atoms with Gasteiger partial charge in [0.15, 0.2) is 5.96 Å². The molecule has 0 saturated heterocycles. The highest BCUT2D eigenvalue weighted by molar-refractivity contribution is 7.09. The first-order valence-electron chi connectivity index (χ1n) is 7.19. The maximum Gasteiger partial charge on any atom is 0.194 e. The van der Waals surface area contributed by atoms with E-state index in [1.165, 1.54) is 16.0 Å². The Morgan fingerprint density at radius 2 is 2.19 bits per heavy atom. The molecule has 0 atom stereocenters. The van der Waals surface area contributed by atoms with Crippen LogP contribution in [0.15, 0.2) is 34.8 Å². The molecule has 5 heteroatoms. The van der Waals surface area contributed by atoms with Crippen LogP contribution in [0.2, 0.25) is 0 Å². The summed E-state index contributed by atoms with van der Waals surface area (Å²) >= 11 is 1.69. The Morgan fingerprint density at radius 1 is 1.38 bits per heavy atom. The molecule has 2 heterocycles. The Kier molecular flexibility index (Phi) is 4.20. The summed E-state index contributed by atoms with van der Waals surface area (Å²) in [6.45, 7) is 4.78. The highest BCUT2D eigenvalue weighted by atomic mass is 32.1. The minimum absolute atomic E-state index is 0.793. The Balaban J connectivity index is 1.67. The minimum Gasteiger partial charge on any atom is -0.351 e. The van der Waals surface area contributed by atoms with Crippen LogP contribution in [0.3, 0.4) is 0 Å². The average Bonchev–Trinajstić information content (AvgIpc) is 2.93. The number of rotatable bonds is 2. The first-order valence-corrected chi connectivity index (χ1v) is 8.07. The first-order chi connectivity index (χ1) is 10.3. The smallest absolute Gasteiger partial charge is 0.194 e. The van der Waals surface area contributed by atoms with E-state index in [0.29, 0.717) is 0 Å². The van der Waals surface area contributed by atoms with Crippen LogP contribution in [0.1, 0.15) is 21.7 Å². The molecule has 0 radical (unpaired) electrons. The highest BCUT2D eigenvalue weighted by Gasteiger charge is 2.18. The zero-order valence-corrected chi connectivity index (χ0v) is 13.3. The van der Waals surface area contributed by atoms with Gasteiger partial charge in [-0.1, -0.05) is 24.3 Å². The Morgan fingerprint density at radius 3 is 2.90 bits per heavy atom. The number of aromatic nitrogens is 1. The summed E-state index contributed by atoms with van der Waals surface area (Å²) in [6, 6.07) is 8.67. The number of thiazole rings is 1. The molecule has 1 aromatic heterocycles. The predicted molar refractivity (Wildman–Crippen MR) is 87.6 cm³/mol. The molecule has 0 bridgehead atoms. The van der Waals surface area contributed by atoms with Crippen molar-refractivity contribution in [3.8, 4) is 0 Å². The van der Waals surface area contributed by atoms with Gasteiger partial charge >= 0.3 is 0 Å². The third-order valence-electron chi connectivity index (χ3n) is 3.89. The topological polar surface area (TPSA) is 40.5 Å². The van der Waals surface area contributed by atoms with Crippen molar-refractivity contribution in [2.24, 2.45) is 4.99 Å². The van der Waals surface area contributed by atoms with E-state index < -0.39 is 0 Å². The molecule has 0 saturated carbocycles. The number of aliphatic imine (C=N–C) groups is 1. The van der Waals surface area contributed by atoms with Crippen molar-refractivity contribution in [3.05, 3.63) is 51.5 Å². The van der Waals surface area contributed by atoms with E-state index in [-0.39, 0.29) is 0 Å². The fourth-order valence-electron chi connectivity index (χ4n) is 2.66. The summed E-state index contributed by atoms with van der Waals surface area (Å²) in [7, 11) is 1.85. The van der Waals surface area contributed by atoms with Crippen LogP contribution < -0.4 is 5.32 Å². The lowest BCUT2D eigenvalue weighted by Gasteiger charge is -2.31. The summed E-state index contributed by atoms with van der Waals surface area (Å²) in [4.78, 5) is 12.3. The number of nitrogens with one attached hydrogen (secondary N) is 1. The average molecular weight is 300 g/mol. The second-order valence-corrected chi connectivity index (χ2v) is 6.14. The number of hydrogen-bond acceptors (Lipinski definition) is 3. The van der Waals surface area contributed by atoms with Crippen LogP contribution in [-0.2, 0) is 19.5 Å². The normalized spacial score (nSPS) is 15.0. The van der Waals surface area contributed by atoms with Gasteiger partial charge in [-0.05, 0) is 24.5 Å². The van der Waals surface area contributed by atoms with E-state index in [4.69, 9.17) is 0 Å². The number of guanidine groups is 1. The molecule has 0 spiro atoms. The quantitative estimate of drug-likeness (QED) is 0.684. The summed E-state index contributed by atoms with van der Waals surface area (Å²) in [6.07, 6.45) is 1.08. The molecule has 1 aliphatic heterocycles. The van der Waals surface area contributed by atoms with Crippen LogP contribution in [0.4, 0.5) is 0 Å². The van der Waals surface area contributed by atoms with Crippen molar-refractivity contribution in [2.75, 3.05) is 13.6 Å². The fourth-order valence-corrected chi connectivity index (χ4v) is 3.38. The van der Waals surface area contributed by atoms with Crippen molar-refractivity contribution >= 4 is 17.3 Å². The standard InChI is InChI=1S/C16H20N4S/c1-12-15(21-11-19-12)9-18-16(17-2)20-8-7-13-5-3-4-6-14(13)10-20/h3-6,11H,7-10H2,1-2H3,(H,17,18). The minimum atomic E-state index is 0.793. The fraction of sp³-hybridized carbons (Fsp3) is 0.375. The monoisotopic (exact) mass is 300 g/mol. The Hall–Kier alpha value is -1.88. The van der Waals surface area contributed by atoms with Gasteiger partial charge < -0.3 is 10.2 Å². The van der Waals surface area contributed by atoms with Gasteiger partial charge in [0.2, 0.25) is 0 Å². The van der Waals surface area contributed by atoms with Crippen molar-refractivity contribution in [2.45, 2.75) is 26.4 Å². The van der Waals surface area contributed by atoms with Gasteiger partial charge in [-0.3, -0.25) is 4.99 Å². The van der Waals surface area contributed by atoms with Crippen molar-refractivity contribution in [1.29, 1.82) is 0 Å². The summed E-state index contributed by atoms with van der Waals surface area (Å²) in [5, 5.41) is 3.46. The lowest BCUT2D eigenvalue weighted by atomic mass is 10.0. The Bertz CT molecular complexity index is 647. The van der Waals surface area contributed by atoms with Crippen LogP contribution in [0.5, 0.6) is 0 Å². The molecule has 0 unspecified atom stereocenters. The molecule has 1 N–H and O–H groups in total. The van der Waals surface area contributed by atoms with Crippen molar-refractivity contribution < 1.29 is 0 Å². The van der Waals surface area contributed by atoms with E-state index in [0.717, 1.165) is 37.7 Å². The van der Waals surface area contributed by atoms with Gasteiger partial charge in [-0.15, -0.1) is 11.3 Å². The molecule has 4 nitrogen and oxygen atoms in total. The van der Waals surface area contributed by atoms with Gasteiger partial charge in [-0.2, -0.15) is 0 Å². The predicted octanol–water partition coefficient (Wildman–Crippen LogP) is 2.59. The zero-order chi connectivity index (χ0) is 14.7. The van der Waals surface area contributed by atoms with Gasteiger partial charge in [0, 0.05) is 25.0 Å². The molecule has 21 heavy (non-hydrogen) atoms.